The van der Waals surface area contributed by atoms with Crippen LogP contribution in [0.2, 0.25) is 0 Å². The van der Waals surface area contributed by atoms with E-state index < -0.39 is 28.0 Å². The number of ether oxygens (including phenoxy) is 2. The molecule has 5 nitrogen and oxygen atoms in total. The second-order valence-electron chi connectivity index (χ2n) is 3.93. The van der Waals surface area contributed by atoms with Crippen LogP contribution in [0.4, 0.5) is 4.39 Å². The molecule has 1 heterocycles. The molecule has 1 unspecified atom stereocenters. The van der Waals surface area contributed by atoms with E-state index in [4.69, 9.17) is 14.6 Å². The molecule has 0 radical (unpaired) electrons. The smallest absolute Gasteiger partial charge is 0.180 e. The van der Waals surface area contributed by atoms with Crippen LogP contribution >= 0.6 is 0 Å². The number of aliphatic hydroxyl groups is 1. The highest BCUT2D eigenvalue weighted by Crippen LogP contribution is 2.22. The van der Waals surface area contributed by atoms with Gasteiger partial charge in [0.15, 0.2) is 9.84 Å². The molecule has 1 aromatic carbocycles. The SMILES string of the molecule is O=S(=O)(CCO)c1cc(F)cc(OCC2CO2)c1. The van der Waals surface area contributed by atoms with Crippen molar-refractivity contribution in [3.05, 3.63) is 24.0 Å². The summed E-state index contributed by atoms with van der Waals surface area (Å²) in [5, 5.41) is 8.67. The Labute approximate surface area is 104 Å². The Bertz CT molecular complexity index is 524. The van der Waals surface area contributed by atoms with Gasteiger partial charge in [0.25, 0.3) is 0 Å². The van der Waals surface area contributed by atoms with Crippen LogP contribution in [0.1, 0.15) is 0 Å². The molecule has 1 aromatic rings. The summed E-state index contributed by atoms with van der Waals surface area (Å²) < 4.78 is 46.8. The van der Waals surface area contributed by atoms with Gasteiger partial charge < -0.3 is 14.6 Å². The van der Waals surface area contributed by atoms with Gasteiger partial charge in [0, 0.05) is 6.07 Å². The lowest BCUT2D eigenvalue weighted by Crippen LogP contribution is -2.11. The summed E-state index contributed by atoms with van der Waals surface area (Å²) in [7, 11) is -3.68. The van der Waals surface area contributed by atoms with Crippen LogP contribution < -0.4 is 4.74 Å². The molecular formula is C11H13FO5S. The van der Waals surface area contributed by atoms with E-state index in [9.17, 15) is 12.8 Å². The second kappa shape index (κ2) is 5.21. The van der Waals surface area contributed by atoms with Gasteiger partial charge in [0.05, 0.1) is 23.9 Å². The van der Waals surface area contributed by atoms with Crippen LogP contribution in [0.5, 0.6) is 5.75 Å². The molecule has 100 valence electrons. The van der Waals surface area contributed by atoms with E-state index in [1.165, 1.54) is 6.07 Å². The van der Waals surface area contributed by atoms with Gasteiger partial charge in [-0.3, -0.25) is 0 Å². The number of epoxide rings is 1. The van der Waals surface area contributed by atoms with Gasteiger partial charge in [0.2, 0.25) is 0 Å². The number of sulfone groups is 1. The number of aliphatic hydroxyl groups excluding tert-OH is 1. The summed E-state index contributed by atoms with van der Waals surface area (Å²) in [5.74, 6) is -0.996. The van der Waals surface area contributed by atoms with Gasteiger partial charge in [0.1, 0.15) is 24.3 Å². The molecule has 1 fully saturated rings. The zero-order chi connectivity index (χ0) is 13.2. The fraction of sp³-hybridized carbons (Fsp3) is 0.455. The van der Waals surface area contributed by atoms with Crippen LogP contribution in [0, 0.1) is 5.82 Å². The van der Waals surface area contributed by atoms with Crippen molar-refractivity contribution in [2.75, 3.05) is 25.6 Å². The molecule has 0 aliphatic carbocycles. The Hall–Kier alpha value is -1.18. The third-order valence-corrected chi connectivity index (χ3v) is 4.08. The Kier molecular flexibility index (Phi) is 3.84. The van der Waals surface area contributed by atoms with E-state index in [-0.39, 0.29) is 23.4 Å². The predicted molar refractivity (Wildman–Crippen MR) is 60.8 cm³/mol. The fourth-order valence-corrected chi connectivity index (χ4v) is 2.46. The molecule has 2 rings (SSSR count). The summed E-state index contributed by atoms with van der Waals surface area (Å²) in [4.78, 5) is -0.191. The fourth-order valence-electron chi connectivity index (χ4n) is 1.39. The highest BCUT2D eigenvalue weighted by molar-refractivity contribution is 7.91. The van der Waals surface area contributed by atoms with E-state index >= 15 is 0 Å². The van der Waals surface area contributed by atoms with Gasteiger partial charge in [-0.15, -0.1) is 0 Å². The molecule has 0 bridgehead atoms. The molecule has 1 atom stereocenters. The summed E-state index contributed by atoms with van der Waals surface area (Å²) in [5.41, 5.74) is 0. The normalized spacial score (nSPS) is 18.7. The van der Waals surface area contributed by atoms with Crippen molar-refractivity contribution < 1.29 is 27.4 Å². The summed E-state index contributed by atoms with van der Waals surface area (Å²) in [6.07, 6.45) is 0.00534. The van der Waals surface area contributed by atoms with Gasteiger partial charge in [-0.05, 0) is 12.1 Å². The third-order valence-electron chi connectivity index (χ3n) is 2.40. The zero-order valence-electron chi connectivity index (χ0n) is 9.50. The van der Waals surface area contributed by atoms with E-state index in [1.807, 2.05) is 0 Å². The van der Waals surface area contributed by atoms with E-state index in [2.05, 4.69) is 0 Å². The first-order valence-corrected chi connectivity index (χ1v) is 7.05. The number of rotatable bonds is 6. The lowest BCUT2D eigenvalue weighted by Gasteiger charge is -2.08. The molecule has 18 heavy (non-hydrogen) atoms. The average Bonchev–Trinajstić information content (AvgIpc) is 3.09. The maximum Gasteiger partial charge on any atom is 0.180 e. The van der Waals surface area contributed by atoms with Crippen molar-refractivity contribution in [2.45, 2.75) is 11.0 Å². The Morgan fingerprint density at radius 1 is 1.44 bits per heavy atom. The van der Waals surface area contributed by atoms with Gasteiger partial charge in [-0.1, -0.05) is 0 Å². The second-order valence-corrected chi connectivity index (χ2v) is 6.04. The lowest BCUT2D eigenvalue weighted by atomic mass is 10.3. The molecule has 7 heteroatoms. The number of benzene rings is 1. The first-order chi connectivity index (χ1) is 8.51. The minimum absolute atomic E-state index is 0.00534. The largest absolute Gasteiger partial charge is 0.491 e. The van der Waals surface area contributed by atoms with Crippen molar-refractivity contribution >= 4 is 9.84 Å². The van der Waals surface area contributed by atoms with E-state index in [0.29, 0.717) is 6.61 Å². The van der Waals surface area contributed by atoms with Crippen molar-refractivity contribution in [2.24, 2.45) is 0 Å². The van der Waals surface area contributed by atoms with Crippen LogP contribution in [0.15, 0.2) is 23.1 Å². The molecule has 0 spiro atoms. The zero-order valence-corrected chi connectivity index (χ0v) is 10.3. The maximum absolute atomic E-state index is 13.3. The first-order valence-electron chi connectivity index (χ1n) is 5.40. The minimum atomic E-state index is -3.68. The van der Waals surface area contributed by atoms with Crippen LogP contribution in [0.25, 0.3) is 0 Å². The van der Waals surface area contributed by atoms with Crippen molar-refractivity contribution in [1.82, 2.24) is 0 Å². The van der Waals surface area contributed by atoms with Gasteiger partial charge in [-0.2, -0.15) is 0 Å². The van der Waals surface area contributed by atoms with Crippen molar-refractivity contribution in [1.29, 1.82) is 0 Å². The molecule has 0 aromatic heterocycles. The van der Waals surface area contributed by atoms with Gasteiger partial charge >= 0.3 is 0 Å². The molecule has 1 aliphatic rings. The predicted octanol–water partition coefficient (Wildman–Crippen LogP) is 0.369. The summed E-state index contributed by atoms with van der Waals surface area (Å²) in [6, 6.07) is 3.27. The average molecular weight is 276 g/mol. The third kappa shape index (κ3) is 3.41. The standard InChI is InChI=1S/C11H13FO5S/c12-8-3-9(16-6-10-7-17-10)5-11(4-8)18(14,15)2-1-13/h3-5,10,13H,1-2,6-7H2. The highest BCUT2D eigenvalue weighted by atomic mass is 32.2. The Morgan fingerprint density at radius 3 is 2.78 bits per heavy atom. The minimum Gasteiger partial charge on any atom is -0.491 e. The lowest BCUT2D eigenvalue weighted by molar-refractivity contribution is 0.261. The number of hydrogen-bond acceptors (Lipinski definition) is 5. The van der Waals surface area contributed by atoms with Crippen LogP contribution in [0.3, 0.4) is 0 Å². The quantitative estimate of drug-likeness (QED) is 0.760. The molecule has 0 saturated carbocycles. The van der Waals surface area contributed by atoms with Gasteiger partial charge in [-0.25, -0.2) is 12.8 Å². The molecular weight excluding hydrogens is 263 g/mol. The molecule has 1 aliphatic heterocycles. The Balaban J connectivity index is 2.19. The summed E-state index contributed by atoms with van der Waals surface area (Å²) in [6.45, 7) is 0.360. The topological polar surface area (TPSA) is 76.1 Å². The summed E-state index contributed by atoms with van der Waals surface area (Å²) >= 11 is 0. The number of halogens is 1. The highest BCUT2D eigenvalue weighted by Gasteiger charge is 2.23. The van der Waals surface area contributed by atoms with Crippen LogP contribution in [-0.4, -0.2) is 45.2 Å². The van der Waals surface area contributed by atoms with E-state index in [0.717, 1.165) is 12.1 Å². The number of hydrogen-bond donors (Lipinski definition) is 1. The molecule has 1 saturated heterocycles. The molecule has 0 amide bonds. The van der Waals surface area contributed by atoms with Crippen molar-refractivity contribution in [3.63, 3.8) is 0 Å². The van der Waals surface area contributed by atoms with E-state index in [1.54, 1.807) is 0 Å². The maximum atomic E-state index is 13.3. The van der Waals surface area contributed by atoms with Crippen molar-refractivity contribution in [3.8, 4) is 5.75 Å². The first kappa shape index (κ1) is 13.3. The van der Waals surface area contributed by atoms with Crippen LogP contribution in [-0.2, 0) is 14.6 Å². The Morgan fingerprint density at radius 2 is 2.17 bits per heavy atom. The monoisotopic (exact) mass is 276 g/mol. The molecule has 1 N–H and O–H groups in total.